The number of alkyl halides is 1. The molecule has 0 atom stereocenters. The number of halogens is 1. The molecule has 112 valence electrons. The van der Waals surface area contributed by atoms with Crippen LogP contribution in [0.25, 0.3) is 11.2 Å². The van der Waals surface area contributed by atoms with E-state index in [0.717, 1.165) is 41.5 Å². The van der Waals surface area contributed by atoms with E-state index in [-0.39, 0.29) is 0 Å². The average molecular weight is 308 g/mol. The SMILES string of the molecule is CCn1cnnc1Cn1c(CCCl)nc2c(C)nn(C)c21. The molecule has 0 fully saturated rings. The largest absolute Gasteiger partial charge is 0.316 e. The fourth-order valence-corrected chi connectivity index (χ4v) is 2.80. The van der Waals surface area contributed by atoms with E-state index in [9.17, 15) is 0 Å². The van der Waals surface area contributed by atoms with Crippen molar-refractivity contribution >= 4 is 22.8 Å². The van der Waals surface area contributed by atoms with Crippen LogP contribution in [0.4, 0.5) is 0 Å². The standard InChI is InChI=1S/C13H18ClN7/c1-4-20-8-15-17-11(20)7-21-10(5-6-14)16-12-9(2)18-19(3)13(12)21/h8H,4-7H2,1-3H3. The van der Waals surface area contributed by atoms with Gasteiger partial charge in [-0.2, -0.15) is 5.10 Å². The maximum atomic E-state index is 5.91. The first-order valence-corrected chi connectivity index (χ1v) is 7.50. The summed E-state index contributed by atoms with van der Waals surface area (Å²) in [5.41, 5.74) is 2.86. The first-order valence-electron chi connectivity index (χ1n) is 6.97. The number of imidazole rings is 1. The fourth-order valence-electron chi connectivity index (χ4n) is 2.63. The molecule has 7 nitrogen and oxygen atoms in total. The van der Waals surface area contributed by atoms with Crippen molar-refractivity contribution in [1.29, 1.82) is 0 Å². The van der Waals surface area contributed by atoms with Gasteiger partial charge in [-0.25, -0.2) is 4.98 Å². The van der Waals surface area contributed by atoms with E-state index in [1.165, 1.54) is 0 Å². The Balaban J connectivity index is 2.12. The third-order valence-corrected chi connectivity index (χ3v) is 3.81. The van der Waals surface area contributed by atoms with Crippen LogP contribution in [0.2, 0.25) is 0 Å². The van der Waals surface area contributed by atoms with Gasteiger partial charge in [-0.1, -0.05) is 0 Å². The fraction of sp³-hybridized carbons (Fsp3) is 0.538. The van der Waals surface area contributed by atoms with Crippen molar-refractivity contribution in [2.45, 2.75) is 33.4 Å². The van der Waals surface area contributed by atoms with Gasteiger partial charge in [-0.05, 0) is 13.8 Å². The van der Waals surface area contributed by atoms with E-state index in [1.54, 1.807) is 6.33 Å². The Kier molecular flexibility index (Phi) is 3.67. The zero-order valence-electron chi connectivity index (χ0n) is 12.4. The first-order chi connectivity index (χ1) is 10.2. The summed E-state index contributed by atoms with van der Waals surface area (Å²) in [6, 6.07) is 0. The summed E-state index contributed by atoms with van der Waals surface area (Å²) in [6.07, 6.45) is 2.47. The van der Waals surface area contributed by atoms with E-state index < -0.39 is 0 Å². The third kappa shape index (κ3) is 2.31. The topological polar surface area (TPSA) is 66.3 Å². The van der Waals surface area contributed by atoms with E-state index >= 15 is 0 Å². The molecule has 0 N–H and O–H groups in total. The molecular formula is C13H18ClN7. The highest BCUT2D eigenvalue weighted by molar-refractivity contribution is 6.17. The molecule has 3 aromatic heterocycles. The molecule has 0 aliphatic carbocycles. The monoisotopic (exact) mass is 307 g/mol. The van der Waals surface area contributed by atoms with Gasteiger partial charge >= 0.3 is 0 Å². The second kappa shape index (κ2) is 5.48. The number of nitrogens with zero attached hydrogens (tertiary/aromatic N) is 7. The van der Waals surface area contributed by atoms with E-state index in [1.807, 2.05) is 23.2 Å². The second-order valence-corrected chi connectivity index (χ2v) is 5.35. The molecule has 0 amide bonds. The molecule has 0 aromatic carbocycles. The van der Waals surface area contributed by atoms with Crippen LogP contribution in [0, 0.1) is 6.92 Å². The lowest BCUT2D eigenvalue weighted by Crippen LogP contribution is -2.13. The highest BCUT2D eigenvalue weighted by Crippen LogP contribution is 2.20. The van der Waals surface area contributed by atoms with E-state index in [2.05, 4.69) is 26.8 Å². The molecule has 3 aromatic rings. The average Bonchev–Trinajstić information content (AvgIpc) is 3.11. The normalized spacial score (nSPS) is 11.6. The molecular weight excluding hydrogens is 290 g/mol. The summed E-state index contributed by atoms with van der Waals surface area (Å²) in [6.45, 7) is 5.51. The Morgan fingerprint density at radius 3 is 2.81 bits per heavy atom. The van der Waals surface area contributed by atoms with Crippen LogP contribution >= 0.6 is 11.6 Å². The molecule has 3 heterocycles. The number of hydrogen-bond donors (Lipinski definition) is 0. The minimum atomic E-state index is 0.538. The molecule has 0 saturated heterocycles. The van der Waals surface area contributed by atoms with Crippen LogP contribution in [0.5, 0.6) is 0 Å². The van der Waals surface area contributed by atoms with Crippen molar-refractivity contribution < 1.29 is 0 Å². The molecule has 8 heteroatoms. The van der Waals surface area contributed by atoms with E-state index in [4.69, 9.17) is 16.6 Å². The summed E-state index contributed by atoms with van der Waals surface area (Å²) in [5, 5.41) is 12.6. The molecule has 0 aliphatic rings. The Morgan fingerprint density at radius 1 is 1.29 bits per heavy atom. The van der Waals surface area contributed by atoms with Crippen molar-refractivity contribution in [3.05, 3.63) is 23.7 Å². The van der Waals surface area contributed by atoms with Crippen LogP contribution < -0.4 is 0 Å². The predicted molar refractivity (Wildman–Crippen MR) is 80.5 cm³/mol. The first kappa shape index (κ1) is 14.1. The van der Waals surface area contributed by atoms with Crippen LogP contribution in [-0.2, 0) is 26.6 Å². The summed E-state index contributed by atoms with van der Waals surface area (Å²) < 4.78 is 6.02. The molecule has 0 unspecified atom stereocenters. The Hall–Kier alpha value is -1.89. The van der Waals surface area contributed by atoms with Crippen molar-refractivity contribution in [3.63, 3.8) is 0 Å². The van der Waals surface area contributed by atoms with Crippen molar-refractivity contribution in [2.75, 3.05) is 5.88 Å². The number of aromatic nitrogens is 7. The minimum Gasteiger partial charge on any atom is -0.316 e. The lowest BCUT2D eigenvalue weighted by Gasteiger charge is -2.09. The van der Waals surface area contributed by atoms with E-state index in [0.29, 0.717) is 12.4 Å². The molecule has 0 radical (unpaired) electrons. The van der Waals surface area contributed by atoms with Crippen molar-refractivity contribution in [1.82, 2.24) is 34.1 Å². The number of fused-ring (bicyclic) bond motifs is 1. The number of hydrogen-bond acceptors (Lipinski definition) is 4. The predicted octanol–water partition coefficient (Wildman–Crippen LogP) is 1.52. The van der Waals surface area contributed by atoms with Gasteiger partial charge in [-0.3, -0.25) is 4.68 Å². The van der Waals surface area contributed by atoms with Gasteiger partial charge in [0.2, 0.25) is 0 Å². The number of rotatable bonds is 5. The molecule has 0 aliphatic heterocycles. The van der Waals surface area contributed by atoms with Crippen LogP contribution in [-0.4, -0.2) is 40.0 Å². The van der Waals surface area contributed by atoms with Crippen LogP contribution in [0.3, 0.4) is 0 Å². The van der Waals surface area contributed by atoms with Gasteiger partial charge in [0, 0.05) is 25.9 Å². The quantitative estimate of drug-likeness (QED) is 0.670. The van der Waals surface area contributed by atoms with Crippen LogP contribution in [0.1, 0.15) is 24.3 Å². The van der Waals surface area contributed by atoms with Gasteiger partial charge in [0.15, 0.2) is 11.5 Å². The highest BCUT2D eigenvalue weighted by atomic mass is 35.5. The Bertz CT molecular complexity index is 767. The smallest absolute Gasteiger partial charge is 0.159 e. The van der Waals surface area contributed by atoms with Gasteiger partial charge in [0.25, 0.3) is 0 Å². The molecule has 0 saturated carbocycles. The van der Waals surface area contributed by atoms with Crippen molar-refractivity contribution in [3.8, 4) is 0 Å². The molecule has 21 heavy (non-hydrogen) atoms. The van der Waals surface area contributed by atoms with Gasteiger partial charge in [0.1, 0.15) is 17.7 Å². The Morgan fingerprint density at radius 2 is 2.10 bits per heavy atom. The van der Waals surface area contributed by atoms with Crippen molar-refractivity contribution in [2.24, 2.45) is 7.05 Å². The maximum Gasteiger partial charge on any atom is 0.159 e. The van der Waals surface area contributed by atoms with Gasteiger partial charge < -0.3 is 9.13 Å². The summed E-state index contributed by atoms with van der Waals surface area (Å²) in [5.74, 6) is 2.41. The second-order valence-electron chi connectivity index (χ2n) is 4.97. The minimum absolute atomic E-state index is 0.538. The summed E-state index contributed by atoms with van der Waals surface area (Å²) in [4.78, 5) is 4.70. The summed E-state index contributed by atoms with van der Waals surface area (Å²) in [7, 11) is 1.93. The van der Waals surface area contributed by atoms with Gasteiger partial charge in [0.05, 0.1) is 12.2 Å². The third-order valence-electron chi connectivity index (χ3n) is 3.62. The Labute approximate surface area is 127 Å². The molecule has 0 bridgehead atoms. The zero-order chi connectivity index (χ0) is 15.0. The van der Waals surface area contributed by atoms with Crippen LogP contribution in [0.15, 0.2) is 6.33 Å². The lowest BCUT2D eigenvalue weighted by molar-refractivity contribution is 0.626. The number of aryl methyl sites for hydroxylation is 4. The lowest BCUT2D eigenvalue weighted by atomic mass is 10.4. The maximum absolute atomic E-state index is 5.91. The molecule has 3 rings (SSSR count). The molecule has 0 spiro atoms. The zero-order valence-corrected chi connectivity index (χ0v) is 13.2. The van der Waals surface area contributed by atoms with Gasteiger partial charge in [-0.15, -0.1) is 21.8 Å². The highest BCUT2D eigenvalue weighted by Gasteiger charge is 2.18. The summed E-state index contributed by atoms with van der Waals surface area (Å²) >= 11 is 5.91.